The van der Waals surface area contributed by atoms with Gasteiger partial charge in [-0.05, 0) is 32.1 Å². The van der Waals surface area contributed by atoms with Gasteiger partial charge in [-0.25, -0.2) is 0 Å². The van der Waals surface area contributed by atoms with Crippen LogP contribution in [0, 0.1) is 11.8 Å². The van der Waals surface area contributed by atoms with Crippen molar-refractivity contribution in [3.8, 4) is 0 Å². The quantitative estimate of drug-likeness (QED) is 0.736. The third-order valence-corrected chi connectivity index (χ3v) is 4.61. The summed E-state index contributed by atoms with van der Waals surface area (Å²) in [7, 11) is 0. The molecule has 0 saturated carbocycles. The van der Waals surface area contributed by atoms with E-state index < -0.39 is 17.9 Å². The first-order chi connectivity index (χ1) is 11.7. The highest BCUT2D eigenvalue weighted by atomic mass is 16.4. The second-order valence-corrected chi connectivity index (χ2v) is 6.42. The molecule has 1 atom stereocenters. The number of fused-ring (bicyclic) bond motifs is 1. The van der Waals surface area contributed by atoms with Crippen molar-refractivity contribution in [3.63, 3.8) is 0 Å². The first kappa shape index (κ1) is 18.6. The molecule has 0 fully saturated rings. The van der Waals surface area contributed by atoms with Crippen LogP contribution in [-0.4, -0.2) is 33.7 Å². The first-order valence-corrected chi connectivity index (χ1v) is 8.07. The number of benzene rings is 1. The Morgan fingerprint density at radius 2 is 1.52 bits per heavy atom. The molecular formula is C19H20O6. The molecule has 6 nitrogen and oxygen atoms in total. The fourth-order valence-electron chi connectivity index (χ4n) is 3.07. The van der Waals surface area contributed by atoms with Crippen LogP contribution < -0.4 is 0 Å². The average molecular weight is 344 g/mol. The van der Waals surface area contributed by atoms with Crippen molar-refractivity contribution >= 4 is 23.5 Å². The number of carbonyl (C=O) groups is 4. The number of allylic oxidation sites excluding steroid dienone is 2. The van der Waals surface area contributed by atoms with Crippen molar-refractivity contribution in [2.45, 2.75) is 33.1 Å². The fourth-order valence-corrected chi connectivity index (χ4v) is 3.07. The summed E-state index contributed by atoms with van der Waals surface area (Å²) in [4.78, 5) is 47.0. The fraction of sp³-hybridized carbons (Fsp3) is 0.368. The van der Waals surface area contributed by atoms with E-state index in [9.17, 15) is 19.2 Å². The molecule has 0 spiro atoms. The number of carboxylic acids is 2. The molecule has 0 heterocycles. The van der Waals surface area contributed by atoms with Crippen molar-refractivity contribution in [2.75, 3.05) is 0 Å². The van der Waals surface area contributed by atoms with E-state index >= 15 is 0 Å². The summed E-state index contributed by atoms with van der Waals surface area (Å²) in [5.74, 6) is -4.77. The highest BCUT2D eigenvalue weighted by Crippen LogP contribution is 2.30. The SMILES string of the molecule is CC1=C(CCC(C)CC(C(=O)O)C(=O)O)C(=O)c2ccccc2C1=O. The van der Waals surface area contributed by atoms with Gasteiger partial charge in [0.05, 0.1) is 0 Å². The van der Waals surface area contributed by atoms with Crippen molar-refractivity contribution in [2.24, 2.45) is 11.8 Å². The Hall–Kier alpha value is -2.76. The molecule has 0 bridgehead atoms. The number of carbonyl (C=O) groups excluding carboxylic acids is 2. The summed E-state index contributed by atoms with van der Waals surface area (Å²) in [6.45, 7) is 3.37. The lowest BCUT2D eigenvalue weighted by Crippen LogP contribution is -2.26. The van der Waals surface area contributed by atoms with Gasteiger partial charge in [0.15, 0.2) is 17.5 Å². The topological polar surface area (TPSA) is 109 Å². The molecule has 2 rings (SSSR count). The monoisotopic (exact) mass is 344 g/mol. The molecular weight excluding hydrogens is 324 g/mol. The number of Topliss-reactive ketones (excluding diaryl/α,β-unsaturated/α-hetero) is 2. The summed E-state index contributed by atoms with van der Waals surface area (Å²) in [6, 6.07) is 6.66. The largest absolute Gasteiger partial charge is 0.481 e. The lowest BCUT2D eigenvalue weighted by molar-refractivity contribution is -0.155. The Balaban J connectivity index is 2.11. The number of carboxylic acid groups (broad SMARTS) is 2. The van der Waals surface area contributed by atoms with Crippen molar-refractivity contribution in [1.29, 1.82) is 0 Å². The summed E-state index contributed by atoms with van der Waals surface area (Å²) in [6.07, 6.45) is 0.735. The van der Waals surface area contributed by atoms with E-state index in [0.29, 0.717) is 35.1 Å². The molecule has 1 aromatic carbocycles. The van der Waals surface area contributed by atoms with E-state index in [1.54, 1.807) is 38.1 Å². The van der Waals surface area contributed by atoms with Crippen LogP contribution in [0.3, 0.4) is 0 Å². The lowest BCUT2D eigenvalue weighted by Gasteiger charge is -2.20. The van der Waals surface area contributed by atoms with Gasteiger partial charge in [0.25, 0.3) is 0 Å². The number of hydrogen-bond acceptors (Lipinski definition) is 4. The molecule has 0 radical (unpaired) electrons. The third kappa shape index (κ3) is 3.84. The van der Waals surface area contributed by atoms with Crippen LogP contribution in [0.1, 0.15) is 53.8 Å². The minimum atomic E-state index is -1.46. The van der Waals surface area contributed by atoms with Gasteiger partial charge in [0.2, 0.25) is 0 Å². The summed E-state index contributed by atoms with van der Waals surface area (Å²) >= 11 is 0. The Labute approximate surface area is 145 Å². The van der Waals surface area contributed by atoms with Crippen LogP contribution in [0.15, 0.2) is 35.4 Å². The standard InChI is InChI=1S/C19H20O6/c1-10(9-15(18(22)23)19(24)25)7-8-12-11(2)16(20)13-5-3-4-6-14(13)17(12)21/h3-6,10,15H,7-9H2,1-2H3,(H,22,23)(H,24,25). The van der Waals surface area contributed by atoms with E-state index in [1.807, 2.05) is 0 Å². The van der Waals surface area contributed by atoms with Gasteiger partial charge >= 0.3 is 11.9 Å². The van der Waals surface area contributed by atoms with E-state index in [-0.39, 0.29) is 23.9 Å². The minimum absolute atomic E-state index is 0.0181. The minimum Gasteiger partial charge on any atom is -0.481 e. The first-order valence-electron chi connectivity index (χ1n) is 8.07. The van der Waals surface area contributed by atoms with Crippen LogP contribution in [0.5, 0.6) is 0 Å². The lowest BCUT2D eigenvalue weighted by atomic mass is 9.81. The van der Waals surface area contributed by atoms with Gasteiger partial charge in [0.1, 0.15) is 0 Å². The highest BCUT2D eigenvalue weighted by molar-refractivity contribution is 6.26. The summed E-state index contributed by atoms with van der Waals surface area (Å²) < 4.78 is 0. The van der Waals surface area contributed by atoms with Crippen LogP contribution in [-0.2, 0) is 9.59 Å². The van der Waals surface area contributed by atoms with Crippen LogP contribution >= 0.6 is 0 Å². The molecule has 25 heavy (non-hydrogen) atoms. The molecule has 0 saturated heterocycles. The summed E-state index contributed by atoms with van der Waals surface area (Å²) in [5, 5.41) is 17.9. The maximum absolute atomic E-state index is 12.6. The smallest absolute Gasteiger partial charge is 0.317 e. The van der Waals surface area contributed by atoms with Crippen molar-refractivity contribution in [1.82, 2.24) is 0 Å². The van der Waals surface area contributed by atoms with E-state index in [2.05, 4.69) is 0 Å². The Kier molecular flexibility index (Phi) is 5.51. The molecule has 0 amide bonds. The predicted molar refractivity (Wildman–Crippen MR) is 89.6 cm³/mol. The van der Waals surface area contributed by atoms with Crippen molar-refractivity contribution < 1.29 is 29.4 Å². The number of aliphatic carboxylic acids is 2. The molecule has 1 aliphatic rings. The van der Waals surface area contributed by atoms with Crippen LogP contribution in [0.25, 0.3) is 0 Å². The Bertz CT molecular complexity index is 760. The molecule has 6 heteroatoms. The second kappa shape index (κ2) is 7.42. The van der Waals surface area contributed by atoms with Gasteiger partial charge in [-0.15, -0.1) is 0 Å². The zero-order valence-electron chi connectivity index (χ0n) is 14.1. The molecule has 0 aromatic heterocycles. The number of ketones is 2. The van der Waals surface area contributed by atoms with Gasteiger partial charge in [-0.2, -0.15) is 0 Å². The summed E-state index contributed by atoms with van der Waals surface area (Å²) in [5.41, 5.74) is 1.62. The van der Waals surface area contributed by atoms with Crippen LogP contribution in [0.2, 0.25) is 0 Å². The normalized spacial score (nSPS) is 15.3. The third-order valence-electron chi connectivity index (χ3n) is 4.61. The molecule has 1 aliphatic carbocycles. The van der Waals surface area contributed by atoms with Gasteiger partial charge in [-0.1, -0.05) is 31.2 Å². The zero-order valence-corrected chi connectivity index (χ0v) is 14.1. The van der Waals surface area contributed by atoms with E-state index in [0.717, 1.165) is 0 Å². The van der Waals surface area contributed by atoms with E-state index in [1.165, 1.54) is 0 Å². The Morgan fingerprint density at radius 3 is 2.04 bits per heavy atom. The second-order valence-electron chi connectivity index (χ2n) is 6.42. The molecule has 1 unspecified atom stereocenters. The van der Waals surface area contributed by atoms with E-state index in [4.69, 9.17) is 10.2 Å². The van der Waals surface area contributed by atoms with Gasteiger partial charge < -0.3 is 10.2 Å². The molecule has 2 N–H and O–H groups in total. The Morgan fingerprint density at radius 1 is 1.00 bits per heavy atom. The van der Waals surface area contributed by atoms with Gasteiger partial charge in [-0.3, -0.25) is 19.2 Å². The molecule has 132 valence electrons. The molecule has 1 aromatic rings. The number of rotatable bonds is 7. The van der Waals surface area contributed by atoms with Gasteiger partial charge in [0, 0.05) is 22.3 Å². The maximum atomic E-state index is 12.6. The molecule has 0 aliphatic heterocycles. The maximum Gasteiger partial charge on any atom is 0.317 e. The predicted octanol–water partition coefficient (Wildman–Crippen LogP) is 2.97. The average Bonchev–Trinajstić information content (AvgIpc) is 2.57. The highest BCUT2D eigenvalue weighted by Gasteiger charge is 2.31. The van der Waals surface area contributed by atoms with Crippen molar-refractivity contribution in [3.05, 3.63) is 46.5 Å². The van der Waals surface area contributed by atoms with Crippen LogP contribution in [0.4, 0.5) is 0 Å². The zero-order chi connectivity index (χ0) is 18.7. The number of hydrogen-bond donors (Lipinski definition) is 2.